The van der Waals surface area contributed by atoms with Gasteiger partial charge in [0, 0.05) is 35.8 Å². The summed E-state index contributed by atoms with van der Waals surface area (Å²) in [5.74, 6) is 0.660. The van der Waals surface area contributed by atoms with Gasteiger partial charge in [0.2, 0.25) is 0 Å². The number of amides is 2. The van der Waals surface area contributed by atoms with Crippen molar-refractivity contribution in [2.24, 2.45) is 0 Å². The summed E-state index contributed by atoms with van der Waals surface area (Å²) in [6, 6.07) is 8.81. The summed E-state index contributed by atoms with van der Waals surface area (Å²) in [5, 5.41) is 14.3. The molecule has 1 aromatic heterocycles. The molecule has 0 aliphatic rings. The number of nitrogens with zero attached hydrogens (tertiary/aromatic N) is 2. The fourth-order valence-electron chi connectivity index (χ4n) is 1.95. The Morgan fingerprint density at radius 1 is 1.27 bits per heavy atom. The van der Waals surface area contributed by atoms with E-state index in [1.54, 1.807) is 18.3 Å². The van der Waals surface area contributed by atoms with E-state index in [-0.39, 0.29) is 18.7 Å². The first-order valence-corrected chi connectivity index (χ1v) is 7.17. The van der Waals surface area contributed by atoms with E-state index in [9.17, 15) is 4.79 Å². The van der Waals surface area contributed by atoms with Gasteiger partial charge < -0.3 is 15.7 Å². The van der Waals surface area contributed by atoms with E-state index >= 15 is 0 Å². The minimum atomic E-state index is -0.291. The third-order valence-electron chi connectivity index (χ3n) is 3.14. The zero-order valence-corrected chi connectivity index (χ0v) is 12.7. The third-order valence-corrected chi connectivity index (χ3v) is 3.14. The van der Waals surface area contributed by atoms with Gasteiger partial charge in [0.05, 0.1) is 0 Å². The maximum Gasteiger partial charge on any atom is 0.319 e. The van der Waals surface area contributed by atoms with Crippen molar-refractivity contribution in [3.05, 3.63) is 42.2 Å². The van der Waals surface area contributed by atoms with Gasteiger partial charge in [-0.15, -0.1) is 0 Å². The number of aliphatic hydroxyl groups excluding tert-OH is 1. The summed E-state index contributed by atoms with van der Waals surface area (Å²) in [6.07, 6.45) is 2.25. The summed E-state index contributed by atoms with van der Waals surface area (Å²) in [7, 11) is 0. The summed E-state index contributed by atoms with van der Waals surface area (Å²) in [4.78, 5) is 20.4. The highest BCUT2D eigenvalue weighted by atomic mass is 16.3. The lowest BCUT2D eigenvalue weighted by atomic mass is 10.2. The molecule has 116 valence electrons. The van der Waals surface area contributed by atoms with Gasteiger partial charge in [-0.1, -0.05) is 0 Å². The molecule has 0 radical (unpaired) electrons. The Kier molecular flexibility index (Phi) is 5.43. The van der Waals surface area contributed by atoms with Crippen molar-refractivity contribution < 1.29 is 9.90 Å². The van der Waals surface area contributed by atoms with Crippen LogP contribution in [0.4, 0.5) is 10.5 Å². The highest BCUT2D eigenvalue weighted by Gasteiger charge is 2.07. The number of aryl methyl sites for hydroxylation is 1. The Hall–Kier alpha value is -2.47. The van der Waals surface area contributed by atoms with Crippen molar-refractivity contribution >= 4 is 11.7 Å². The number of aromatic nitrogens is 2. The molecule has 1 aromatic carbocycles. The normalized spacial score (nSPS) is 11.8. The highest BCUT2D eigenvalue weighted by Crippen LogP contribution is 2.17. The maximum atomic E-state index is 11.8. The molecule has 2 amide bonds. The quantitative estimate of drug-likeness (QED) is 0.791. The molecule has 0 unspecified atom stereocenters. The lowest BCUT2D eigenvalue weighted by Gasteiger charge is -2.13. The molecule has 6 heteroatoms. The monoisotopic (exact) mass is 300 g/mol. The molecule has 0 bridgehead atoms. The molecular formula is C16H20N4O2. The number of urea groups is 1. The first-order valence-electron chi connectivity index (χ1n) is 7.17. The van der Waals surface area contributed by atoms with Gasteiger partial charge in [-0.2, -0.15) is 0 Å². The minimum absolute atomic E-state index is 0.0483. The van der Waals surface area contributed by atoms with Crippen LogP contribution in [0.2, 0.25) is 0 Å². The van der Waals surface area contributed by atoms with Gasteiger partial charge in [-0.3, -0.25) is 0 Å². The number of aliphatic hydroxyl groups is 1. The summed E-state index contributed by atoms with van der Waals surface area (Å²) < 4.78 is 0. The van der Waals surface area contributed by atoms with Crippen molar-refractivity contribution in [3.63, 3.8) is 0 Å². The van der Waals surface area contributed by atoms with Crippen molar-refractivity contribution in [3.8, 4) is 11.4 Å². The Balaban J connectivity index is 1.99. The van der Waals surface area contributed by atoms with Crippen LogP contribution in [0, 0.1) is 6.92 Å². The standard InChI is InChI=1S/C16H20N4O2/c1-11-7-9-17-15(18-11)13-3-5-14(6-4-13)20-16(22)19-12(2)8-10-21/h3-7,9,12,21H,8,10H2,1-2H3,(H2,19,20,22)/t12-/m1/s1. The predicted molar refractivity (Wildman–Crippen MR) is 85.5 cm³/mol. The van der Waals surface area contributed by atoms with E-state index in [4.69, 9.17) is 5.11 Å². The number of hydrogen-bond acceptors (Lipinski definition) is 4. The maximum absolute atomic E-state index is 11.8. The Labute approximate surface area is 129 Å². The van der Waals surface area contributed by atoms with Gasteiger partial charge in [0.1, 0.15) is 0 Å². The summed E-state index contributed by atoms with van der Waals surface area (Å²) in [6.45, 7) is 3.81. The second kappa shape index (κ2) is 7.51. The van der Waals surface area contributed by atoms with Crippen molar-refractivity contribution in [2.45, 2.75) is 26.3 Å². The third kappa shape index (κ3) is 4.53. The van der Waals surface area contributed by atoms with E-state index in [0.717, 1.165) is 11.3 Å². The van der Waals surface area contributed by atoms with E-state index < -0.39 is 0 Å². The van der Waals surface area contributed by atoms with Crippen molar-refractivity contribution in [2.75, 3.05) is 11.9 Å². The molecule has 0 saturated heterocycles. The molecule has 1 heterocycles. The zero-order valence-electron chi connectivity index (χ0n) is 12.7. The van der Waals surface area contributed by atoms with Gasteiger partial charge in [-0.05, 0) is 50.6 Å². The average Bonchev–Trinajstić information content (AvgIpc) is 2.48. The molecule has 22 heavy (non-hydrogen) atoms. The van der Waals surface area contributed by atoms with Crippen molar-refractivity contribution in [1.82, 2.24) is 15.3 Å². The van der Waals surface area contributed by atoms with Gasteiger partial charge in [0.15, 0.2) is 5.82 Å². The summed E-state index contributed by atoms with van der Waals surface area (Å²) >= 11 is 0. The lowest BCUT2D eigenvalue weighted by molar-refractivity contribution is 0.241. The Morgan fingerprint density at radius 2 is 2.00 bits per heavy atom. The molecule has 0 spiro atoms. The van der Waals surface area contributed by atoms with E-state index in [2.05, 4.69) is 20.6 Å². The Morgan fingerprint density at radius 3 is 2.64 bits per heavy atom. The molecular weight excluding hydrogens is 280 g/mol. The van der Waals surface area contributed by atoms with Crippen LogP contribution >= 0.6 is 0 Å². The Bertz CT molecular complexity index is 628. The second-order valence-electron chi connectivity index (χ2n) is 5.11. The van der Waals surface area contributed by atoms with E-state index in [1.807, 2.05) is 32.0 Å². The lowest BCUT2D eigenvalue weighted by Crippen LogP contribution is -2.36. The van der Waals surface area contributed by atoms with Gasteiger partial charge >= 0.3 is 6.03 Å². The molecule has 0 fully saturated rings. The molecule has 0 aliphatic heterocycles. The minimum Gasteiger partial charge on any atom is -0.396 e. The van der Waals surface area contributed by atoms with Crippen LogP contribution in [-0.4, -0.2) is 33.8 Å². The zero-order chi connectivity index (χ0) is 15.9. The molecule has 0 aliphatic carbocycles. The molecule has 6 nitrogen and oxygen atoms in total. The fourth-order valence-corrected chi connectivity index (χ4v) is 1.95. The van der Waals surface area contributed by atoms with Gasteiger partial charge in [0.25, 0.3) is 0 Å². The molecule has 3 N–H and O–H groups in total. The number of benzene rings is 1. The van der Waals surface area contributed by atoms with Gasteiger partial charge in [-0.25, -0.2) is 14.8 Å². The topological polar surface area (TPSA) is 87.1 Å². The number of carbonyl (C=O) groups is 1. The number of rotatable bonds is 5. The largest absolute Gasteiger partial charge is 0.396 e. The van der Waals surface area contributed by atoms with Crippen LogP contribution in [0.5, 0.6) is 0 Å². The number of nitrogens with one attached hydrogen (secondary N) is 2. The van der Waals surface area contributed by atoms with Crippen LogP contribution < -0.4 is 10.6 Å². The predicted octanol–water partition coefficient (Wildman–Crippen LogP) is 2.34. The highest BCUT2D eigenvalue weighted by molar-refractivity contribution is 5.89. The SMILES string of the molecule is Cc1ccnc(-c2ccc(NC(=O)N[C@H](C)CCO)cc2)n1. The molecule has 2 rings (SSSR count). The van der Waals surface area contributed by atoms with Crippen LogP contribution in [0.3, 0.4) is 0 Å². The smallest absolute Gasteiger partial charge is 0.319 e. The van der Waals surface area contributed by atoms with E-state index in [0.29, 0.717) is 17.9 Å². The number of hydrogen-bond donors (Lipinski definition) is 3. The van der Waals surface area contributed by atoms with Crippen LogP contribution in [0.15, 0.2) is 36.5 Å². The molecule has 1 atom stereocenters. The van der Waals surface area contributed by atoms with Crippen LogP contribution in [-0.2, 0) is 0 Å². The fraction of sp³-hybridized carbons (Fsp3) is 0.312. The van der Waals surface area contributed by atoms with Crippen molar-refractivity contribution in [1.29, 1.82) is 0 Å². The van der Waals surface area contributed by atoms with Crippen LogP contribution in [0.1, 0.15) is 19.0 Å². The first-order chi connectivity index (χ1) is 10.6. The number of anilines is 1. The van der Waals surface area contributed by atoms with E-state index in [1.165, 1.54) is 0 Å². The second-order valence-corrected chi connectivity index (χ2v) is 5.11. The van der Waals surface area contributed by atoms with Crippen LogP contribution in [0.25, 0.3) is 11.4 Å². The summed E-state index contributed by atoms with van der Waals surface area (Å²) in [5.41, 5.74) is 2.48. The number of carbonyl (C=O) groups excluding carboxylic acids is 1. The average molecular weight is 300 g/mol. The molecule has 2 aromatic rings. The first kappa shape index (κ1) is 15.9. The molecule has 0 saturated carbocycles.